The van der Waals surface area contributed by atoms with Crippen molar-refractivity contribution in [3.05, 3.63) is 70.4 Å². The largest absolute Gasteiger partial charge is 0.417 e. The molecular weight excluding hydrogens is 429 g/mol. The van der Waals surface area contributed by atoms with Crippen molar-refractivity contribution < 1.29 is 22.7 Å². The molecule has 1 saturated heterocycles. The van der Waals surface area contributed by atoms with Crippen molar-refractivity contribution in [2.24, 2.45) is 7.05 Å². The van der Waals surface area contributed by atoms with Crippen molar-refractivity contribution in [1.29, 1.82) is 0 Å². The third-order valence-electron chi connectivity index (χ3n) is 5.74. The Hall–Kier alpha value is -2.51. The fourth-order valence-electron chi connectivity index (χ4n) is 4.15. The number of halogens is 4. The SMILES string of the molecule is Cn1cc([C@H](CC(=O)N2CCOCC2)c2ccc(Cl)c(C(F)(F)F)c2)c2ccccc21. The smallest absolute Gasteiger partial charge is 0.378 e. The molecule has 1 fully saturated rings. The van der Waals surface area contributed by atoms with Crippen LogP contribution in [0.1, 0.15) is 29.0 Å². The van der Waals surface area contributed by atoms with Gasteiger partial charge in [0.1, 0.15) is 0 Å². The summed E-state index contributed by atoms with van der Waals surface area (Å²) in [6.07, 6.45) is -2.62. The fraction of sp³-hybridized carbons (Fsp3) is 0.348. The molecule has 0 N–H and O–H groups in total. The van der Waals surface area contributed by atoms with Gasteiger partial charge in [-0.1, -0.05) is 35.9 Å². The van der Waals surface area contributed by atoms with Gasteiger partial charge in [0.25, 0.3) is 0 Å². The van der Waals surface area contributed by atoms with Crippen molar-refractivity contribution in [3.63, 3.8) is 0 Å². The van der Waals surface area contributed by atoms with Crippen LogP contribution in [0.15, 0.2) is 48.7 Å². The molecule has 1 aromatic heterocycles. The van der Waals surface area contributed by atoms with E-state index in [1.54, 1.807) is 11.0 Å². The Labute approximate surface area is 183 Å². The second kappa shape index (κ2) is 8.55. The molecule has 1 amide bonds. The number of aromatic nitrogens is 1. The number of morpholine rings is 1. The van der Waals surface area contributed by atoms with Gasteiger partial charge in [-0.05, 0) is 29.3 Å². The van der Waals surface area contributed by atoms with Crippen LogP contribution in [-0.4, -0.2) is 41.7 Å². The van der Waals surface area contributed by atoms with Gasteiger partial charge in [0, 0.05) is 49.6 Å². The third-order valence-corrected chi connectivity index (χ3v) is 6.07. The molecule has 0 aliphatic carbocycles. The molecule has 1 aliphatic rings. The summed E-state index contributed by atoms with van der Waals surface area (Å²) in [5.74, 6) is -0.649. The Bertz CT molecular complexity index is 1100. The minimum atomic E-state index is -4.58. The highest BCUT2D eigenvalue weighted by atomic mass is 35.5. The van der Waals surface area contributed by atoms with E-state index in [0.717, 1.165) is 22.5 Å². The lowest BCUT2D eigenvalue weighted by atomic mass is 9.87. The molecule has 2 heterocycles. The number of hydrogen-bond donors (Lipinski definition) is 0. The van der Waals surface area contributed by atoms with Gasteiger partial charge in [0.05, 0.1) is 23.8 Å². The fourth-order valence-corrected chi connectivity index (χ4v) is 4.38. The molecule has 4 nitrogen and oxygen atoms in total. The molecule has 2 aromatic carbocycles. The Kier molecular flexibility index (Phi) is 5.99. The first kappa shape index (κ1) is 21.7. The summed E-state index contributed by atoms with van der Waals surface area (Å²) in [6.45, 7) is 1.89. The third kappa shape index (κ3) is 4.43. The Morgan fingerprint density at radius 3 is 2.58 bits per heavy atom. The summed E-state index contributed by atoms with van der Waals surface area (Å²) in [5.41, 5.74) is 1.28. The van der Waals surface area contributed by atoms with Crippen LogP contribution in [0.25, 0.3) is 10.9 Å². The predicted octanol–water partition coefficient (Wildman–Crippen LogP) is 5.23. The zero-order chi connectivity index (χ0) is 22.2. The summed E-state index contributed by atoms with van der Waals surface area (Å²) in [7, 11) is 1.88. The predicted molar refractivity (Wildman–Crippen MR) is 113 cm³/mol. The van der Waals surface area contributed by atoms with Gasteiger partial charge >= 0.3 is 6.18 Å². The average Bonchev–Trinajstić information content (AvgIpc) is 3.09. The highest BCUT2D eigenvalue weighted by Gasteiger charge is 2.35. The maximum absolute atomic E-state index is 13.5. The van der Waals surface area contributed by atoms with Crippen LogP contribution in [0.4, 0.5) is 13.2 Å². The molecule has 1 atom stereocenters. The molecule has 164 valence electrons. The number of hydrogen-bond acceptors (Lipinski definition) is 2. The quantitative estimate of drug-likeness (QED) is 0.545. The second-order valence-corrected chi connectivity index (χ2v) is 8.11. The number of fused-ring (bicyclic) bond motifs is 1. The van der Waals surface area contributed by atoms with E-state index in [2.05, 4.69) is 0 Å². The highest BCUT2D eigenvalue weighted by molar-refractivity contribution is 6.31. The van der Waals surface area contributed by atoms with Crippen LogP contribution in [0.2, 0.25) is 5.02 Å². The van der Waals surface area contributed by atoms with E-state index in [-0.39, 0.29) is 17.4 Å². The number of para-hydroxylation sites is 1. The number of alkyl halides is 3. The van der Waals surface area contributed by atoms with E-state index in [1.807, 2.05) is 42.1 Å². The normalized spacial score (nSPS) is 16.0. The van der Waals surface area contributed by atoms with Crippen molar-refractivity contribution >= 4 is 28.4 Å². The van der Waals surface area contributed by atoms with E-state index < -0.39 is 17.7 Å². The summed E-state index contributed by atoms with van der Waals surface area (Å²) in [4.78, 5) is 14.8. The second-order valence-electron chi connectivity index (χ2n) is 7.70. The van der Waals surface area contributed by atoms with Gasteiger partial charge in [-0.25, -0.2) is 0 Å². The molecule has 0 unspecified atom stereocenters. The summed E-state index contributed by atoms with van der Waals surface area (Å²) in [6, 6.07) is 11.6. The maximum Gasteiger partial charge on any atom is 0.417 e. The Morgan fingerprint density at radius 2 is 1.87 bits per heavy atom. The van der Waals surface area contributed by atoms with E-state index in [9.17, 15) is 18.0 Å². The number of aryl methyl sites for hydroxylation is 1. The topological polar surface area (TPSA) is 34.5 Å². The molecular formula is C23H22ClF3N2O2. The van der Waals surface area contributed by atoms with Gasteiger partial charge in [-0.2, -0.15) is 13.2 Å². The van der Waals surface area contributed by atoms with Crippen LogP contribution in [0, 0.1) is 0 Å². The van der Waals surface area contributed by atoms with E-state index in [0.29, 0.717) is 31.9 Å². The number of ether oxygens (including phenoxy) is 1. The molecule has 0 spiro atoms. The number of rotatable bonds is 4. The monoisotopic (exact) mass is 450 g/mol. The van der Waals surface area contributed by atoms with Crippen LogP contribution in [-0.2, 0) is 22.8 Å². The molecule has 8 heteroatoms. The zero-order valence-corrected chi connectivity index (χ0v) is 17.7. The Morgan fingerprint density at radius 1 is 1.16 bits per heavy atom. The molecule has 31 heavy (non-hydrogen) atoms. The van der Waals surface area contributed by atoms with Crippen LogP contribution in [0.3, 0.4) is 0 Å². The maximum atomic E-state index is 13.5. The number of carbonyl (C=O) groups excluding carboxylic acids is 1. The van der Waals surface area contributed by atoms with E-state index in [1.165, 1.54) is 6.07 Å². The molecule has 4 rings (SSSR count). The van der Waals surface area contributed by atoms with Crippen molar-refractivity contribution in [3.8, 4) is 0 Å². The number of carbonyl (C=O) groups is 1. The van der Waals surface area contributed by atoms with Crippen LogP contribution >= 0.6 is 11.6 Å². The van der Waals surface area contributed by atoms with Crippen molar-refractivity contribution in [2.75, 3.05) is 26.3 Å². The molecule has 1 aliphatic heterocycles. The molecule has 3 aromatic rings. The van der Waals surface area contributed by atoms with Gasteiger partial charge < -0.3 is 14.2 Å². The number of amides is 1. The molecule has 0 radical (unpaired) electrons. The summed E-state index contributed by atoms with van der Waals surface area (Å²) >= 11 is 5.85. The average molecular weight is 451 g/mol. The lowest BCUT2D eigenvalue weighted by Gasteiger charge is -2.29. The molecule has 0 saturated carbocycles. The summed E-state index contributed by atoms with van der Waals surface area (Å²) < 4.78 is 47.8. The van der Waals surface area contributed by atoms with E-state index >= 15 is 0 Å². The standard InChI is InChI=1S/C23H22ClF3N2O2/c1-28-14-18(16-4-2-3-5-21(16)28)17(13-22(30)29-8-10-31-11-9-29)15-6-7-20(24)19(12-15)23(25,26)27/h2-7,12,14,17H,8-11,13H2,1H3/t17-/m1/s1. The first-order valence-electron chi connectivity index (χ1n) is 10.0. The number of nitrogens with zero attached hydrogens (tertiary/aromatic N) is 2. The van der Waals surface area contributed by atoms with Crippen LogP contribution in [0.5, 0.6) is 0 Å². The van der Waals surface area contributed by atoms with Crippen molar-refractivity contribution in [1.82, 2.24) is 9.47 Å². The molecule has 0 bridgehead atoms. The highest BCUT2D eigenvalue weighted by Crippen LogP contribution is 2.40. The minimum absolute atomic E-state index is 0.0624. The first-order valence-corrected chi connectivity index (χ1v) is 10.4. The van der Waals surface area contributed by atoms with Gasteiger partial charge in [0.15, 0.2) is 0 Å². The van der Waals surface area contributed by atoms with Crippen molar-refractivity contribution in [2.45, 2.75) is 18.5 Å². The minimum Gasteiger partial charge on any atom is -0.378 e. The summed E-state index contributed by atoms with van der Waals surface area (Å²) in [5, 5.41) is 0.556. The van der Waals surface area contributed by atoms with Crippen LogP contribution < -0.4 is 0 Å². The zero-order valence-electron chi connectivity index (χ0n) is 17.0. The Balaban J connectivity index is 1.80. The number of benzene rings is 2. The van der Waals surface area contributed by atoms with Gasteiger partial charge in [-0.3, -0.25) is 4.79 Å². The lowest BCUT2D eigenvalue weighted by Crippen LogP contribution is -2.41. The first-order chi connectivity index (χ1) is 14.8. The van der Waals surface area contributed by atoms with E-state index in [4.69, 9.17) is 16.3 Å². The van der Waals surface area contributed by atoms with Gasteiger partial charge in [0.2, 0.25) is 5.91 Å². The van der Waals surface area contributed by atoms with Gasteiger partial charge in [-0.15, -0.1) is 0 Å². The lowest BCUT2D eigenvalue weighted by molar-refractivity contribution is -0.137.